The van der Waals surface area contributed by atoms with E-state index in [9.17, 15) is 0 Å². The van der Waals surface area contributed by atoms with Crippen molar-refractivity contribution in [3.63, 3.8) is 0 Å². The molecule has 0 aliphatic carbocycles. The largest absolute Gasteiger partial charge is 0.379 e. The number of nitrogens with one attached hydrogen (secondary N) is 3. The van der Waals surface area contributed by atoms with E-state index in [1.54, 1.807) is 0 Å². The minimum atomic E-state index is 0. The van der Waals surface area contributed by atoms with Gasteiger partial charge in [-0.25, -0.2) is 0 Å². The van der Waals surface area contributed by atoms with Crippen molar-refractivity contribution in [1.29, 1.82) is 0 Å². The van der Waals surface area contributed by atoms with Crippen molar-refractivity contribution >= 4 is 40.8 Å². The first kappa shape index (κ1) is 23.0. The fourth-order valence-electron chi connectivity index (χ4n) is 3.46. The average Bonchev–Trinajstić information content (AvgIpc) is 3.12. The number of rotatable bonds is 9. The number of unbranched alkanes of at least 4 members (excludes halogenated alkanes) is 1. The van der Waals surface area contributed by atoms with Crippen LogP contribution in [0.1, 0.15) is 25.3 Å². The number of aliphatic imine (C=N–C) groups is 1. The Balaban J connectivity index is 0.00000280. The Bertz CT molecular complexity index is 712. The van der Waals surface area contributed by atoms with E-state index in [1.807, 2.05) is 0 Å². The maximum Gasteiger partial charge on any atom is 0.191 e. The van der Waals surface area contributed by atoms with Gasteiger partial charge in [-0.15, -0.1) is 24.0 Å². The van der Waals surface area contributed by atoms with Crippen LogP contribution in [0.4, 0.5) is 0 Å². The van der Waals surface area contributed by atoms with Crippen molar-refractivity contribution in [3.05, 3.63) is 36.0 Å². The topological polar surface area (TPSA) is 64.7 Å². The molecule has 3 N–H and O–H groups in total. The van der Waals surface area contributed by atoms with E-state index in [1.165, 1.54) is 22.9 Å². The van der Waals surface area contributed by atoms with Crippen molar-refractivity contribution in [3.8, 4) is 0 Å². The summed E-state index contributed by atoms with van der Waals surface area (Å²) in [5.41, 5.74) is 2.55. The highest BCUT2D eigenvalue weighted by Crippen LogP contribution is 2.17. The summed E-state index contributed by atoms with van der Waals surface area (Å²) in [6.45, 7) is 9.79. The number of fused-ring (bicyclic) bond motifs is 1. The third-order valence-electron chi connectivity index (χ3n) is 4.96. The summed E-state index contributed by atoms with van der Waals surface area (Å²) < 4.78 is 5.39. The highest BCUT2D eigenvalue weighted by Gasteiger charge is 2.09. The van der Waals surface area contributed by atoms with Crippen LogP contribution in [0.15, 0.2) is 35.5 Å². The predicted octanol–water partition coefficient (Wildman–Crippen LogP) is 3.00. The average molecular weight is 499 g/mol. The number of halogens is 1. The Morgan fingerprint density at radius 2 is 2.00 bits per heavy atom. The third kappa shape index (κ3) is 7.25. The summed E-state index contributed by atoms with van der Waals surface area (Å²) in [5.74, 6) is 0.920. The molecule has 0 unspecified atom stereocenters. The molecule has 156 valence electrons. The van der Waals surface area contributed by atoms with E-state index in [-0.39, 0.29) is 24.0 Å². The maximum atomic E-state index is 5.39. The van der Waals surface area contributed by atoms with Gasteiger partial charge in [0.05, 0.1) is 13.2 Å². The molecular formula is C21H34IN5O. The molecule has 2 aromatic rings. The lowest BCUT2D eigenvalue weighted by molar-refractivity contribution is 0.0373. The van der Waals surface area contributed by atoms with E-state index in [0.717, 1.165) is 71.3 Å². The second-order valence-electron chi connectivity index (χ2n) is 6.96. The standard InChI is InChI=1S/C21H33N5O.HI/c1-2-22-21(23-10-5-6-12-26-13-15-27-16-14-26)24-11-9-18-17-25-20-8-4-3-7-19(18)20;/h3-4,7-8,17,25H,2,5-6,9-16H2,1H3,(H2,22,23,24);1H. The molecule has 1 aliphatic rings. The van der Waals surface area contributed by atoms with Gasteiger partial charge in [0.1, 0.15) is 0 Å². The first-order valence-corrected chi connectivity index (χ1v) is 10.2. The molecule has 6 nitrogen and oxygen atoms in total. The number of hydrogen-bond acceptors (Lipinski definition) is 3. The number of benzene rings is 1. The zero-order valence-corrected chi connectivity index (χ0v) is 19.2. The summed E-state index contributed by atoms with van der Waals surface area (Å²) in [5, 5.41) is 8.12. The van der Waals surface area contributed by atoms with E-state index < -0.39 is 0 Å². The Labute approximate surface area is 185 Å². The summed E-state index contributed by atoms with van der Waals surface area (Å²) in [7, 11) is 0. The van der Waals surface area contributed by atoms with Gasteiger partial charge in [0.25, 0.3) is 0 Å². The van der Waals surface area contributed by atoms with Gasteiger partial charge in [0.2, 0.25) is 0 Å². The number of nitrogens with zero attached hydrogens (tertiary/aromatic N) is 2. The summed E-state index contributed by atoms with van der Waals surface area (Å²) in [4.78, 5) is 10.5. The first-order chi connectivity index (χ1) is 13.4. The molecule has 0 spiro atoms. The normalized spacial score (nSPS) is 15.4. The van der Waals surface area contributed by atoms with Crippen LogP contribution >= 0.6 is 24.0 Å². The molecule has 3 rings (SSSR count). The molecule has 1 aromatic heterocycles. The maximum absolute atomic E-state index is 5.39. The molecule has 1 fully saturated rings. The van der Waals surface area contributed by atoms with Gasteiger partial charge in [0, 0.05) is 49.8 Å². The summed E-state index contributed by atoms with van der Waals surface area (Å²) >= 11 is 0. The molecule has 0 amide bonds. The molecular weight excluding hydrogens is 465 g/mol. The molecule has 0 saturated carbocycles. The van der Waals surface area contributed by atoms with Crippen molar-refractivity contribution in [1.82, 2.24) is 20.5 Å². The van der Waals surface area contributed by atoms with Gasteiger partial charge < -0.3 is 20.4 Å². The number of morpholine rings is 1. The van der Waals surface area contributed by atoms with Crippen LogP contribution in [0.2, 0.25) is 0 Å². The van der Waals surface area contributed by atoms with Gasteiger partial charge in [0.15, 0.2) is 5.96 Å². The summed E-state index contributed by atoms with van der Waals surface area (Å²) in [6, 6.07) is 8.45. The van der Waals surface area contributed by atoms with E-state index in [0.29, 0.717) is 0 Å². The third-order valence-corrected chi connectivity index (χ3v) is 4.96. The molecule has 0 bridgehead atoms. The lowest BCUT2D eigenvalue weighted by Crippen LogP contribution is -2.38. The zero-order chi connectivity index (χ0) is 18.7. The molecule has 7 heteroatoms. The molecule has 0 atom stereocenters. The van der Waals surface area contributed by atoms with Gasteiger partial charge >= 0.3 is 0 Å². The van der Waals surface area contributed by atoms with Gasteiger partial charge in [-0.2, -0.15) is 0 Å². The SMILES string of the molecule is CCNC(=NCCCCN1CCOCC1)NCCc1c[nH]c2ccccc12.I. The first-order valence-electron chi connectivity index (χ1n) is 10.2. The van der Waals surface area contributed by atoms with Crippen LogP contribution < -0.4 is 10.6 Å². The quantitative estimate of drug-likeness (QED) is 0.215. The van der Waals surface area contributed by atoms with Crippen LogP contribution in [-0.2, 0) is 11.2 Å². The predicted molar refractivity (Wildman–Crippen MR) is 128 cm³/mol. The van der Waals surface area contributed by atoms with E-state index >= 15 is 0 Å². The van der Waals surface area contributed by atoms with E-state index in [4.69, 9.17) is 9.73 Å². The summed E-state index contributed by atoms with van der Waals surface area (Å²) in [6.07, 6.45) is 5.40. The van der Waals surface area contributed by atoms with Gasteiger partial charge in [-0.05, 0) is 44.4 Å². The number of H-pyrrole nitrogens is 1. The van der Waals surface area contributed by atoms with Crippen molar-refractivity contribution in [2.75, 3.05) is 52.5 Å². The number of aromatic nitrogens is 1. The number of para-hydroxylation sites is 1. The molecule has 1 aromatic carbocycles. The fraction of sp³-hybridized carbons (Fsp3) is 0.571. The Hall–Kier alpha value is -1.32. The second kappa shape index (κ2) is 13.0. The number of aromatic amines is 1. The second-order valence-corrected chi connectivity index (χ2v) is 6.96. The molecule has 2 heterocycles. The molecule has 1 aliphatic heterocycles. The van der Waals surface area contributed by atoms with Crippen LogP contribution in [0.5, 0.6) is 0 Å². The fourth-order valence-corrected chi connectivity index (χ4v) is 3.46. The number of ether oxygens (including phenoxy) is 1. The van der Waals surface area contributed by atoms with Crippen molar-refractivity contribution in [2.24, 2.45) is 4.99 Å². The Kier molecular flexibility index (Phi) is 10.7. The van der Waals surface area contributed by atoms with Crippen LogP contribution in [0.25, 0.3) is 10.9 Å². The minimum absolute atomic E-state index is 0. The van der Waals surface area contributed by atoms with Gasteiger partial charge in [-0.1, -0.05) is 18.2 Å². The lowest BCUT2D eigenvalue weighted by atomic mass is 10.1. The highest BCUT2D eigenvalue weighted by atomic mass is 127. The lowest BCUT2D eigenvalue weighted by Gasteiger charge is -2.26. The number of hydrogen-bond donors (Lipinski definition) is 3. The molecule has 28 heavy (non-hydrogen) atoms. The van der Waals surface area contributed by atoms with Crippen LogP contribution in [0, 0.1) is 0 Å². The number of guanidine groups is 1. The van der Waals surface area contributed by atoms with Gasteiger partial charge in [-0.3, -0.25) is 9.89 Å². The zero-order valence-electron chi connectivity index (χ0n) is 16.9. The minimum Gasteiger partial charge on any atom is -0.379 e. The Morgan fingerprint density at radius 3 is 2.82 bits per heavy atom. The smallest absolute Gasteiger partial charge is 0.191 e. The van der Waals surface area contributed by atoms with Crippen LogP contribution in [0.3, 0.4) is 0 Å². The van der Waals surface area contributed by atoms with Crippen LogP contribution in [-0.4, -0.2) is 68.3 Å². The van der Waals surface area contributed by atoms with Crippen molar-refractivity contribution in [2.45, 2.75) is 26.2 Å². The molecule has 1 saturated heterocycles. The monoisotopic (exact) mass is 499 g/mol. The molecule has 0 radical (unpaired) electrons. The van der Waals surface area contributed by atoms with E-state index in [2.05, 4.69) is 57.9 Å². The Morgan fingerprint density at radius 1 is 1.18 bits per heavy atom. The van der Waals surface area contributed by atoms with Crippen molar-refractivity contribution < 1.29 is 4.74 Å². The highest BCUT2D eigenvalue weighted by molar-refractivity contribution is 14.0.